The zero-order valence-electron chi connectivity index (χ0n) is 11.9. The van der Waals surface area contributed by atoms with Gasteiger partial charge in [0.25, 0.3) is 0 Å². The van der Waals surface area contributed by atoms with Gasteiger partial charge in [-0.15, -0.1) is 0 Å². The number of nitrogens with zero attached hydrogens (tertiary/aromatic N) is 1. The van der Waals surface area contributed by atoms with Crippen LogP contribution in [0.25, 0.3) is 10.9 Å². The lowest BCUT2D eigenvalue weighted by Crippen LogP contribution is -2.47. The number of aromatic amines is 1. The number of hydrogen-bond donors (Lipinski definition) is 2. The molecule has 0 radical (unpaired) electrons. The Morgan fingerprint density at radius 2 is 1.95 bits per heavy atom. The van der Waals surface area contributed by atoms with Gasteiger partial charge in [0, 0.05) is 49.9 Å². The number of nitrogens with one attached hydrogen (secondary N) is 2. The molecule has 0 spiro atoms. The fourth-order valence-electron chi connectivity index (χ4n) is 2.99. The number of benzene rings is 1. The molecule has 19 heavy (non-hydrogen) atoms. The largest absolute Gasteiger partial charge is 0.361 e. The molecular formula is C16H23N3. The molecule has 0 aliphatic carbocycles. The molecule has 1 aromatic heterocycles. The Hall–Kier alpha value is -1.32. The second-order valence-corrected chi connectivity index (χ2v) is 6.19. The van der Waals surface area contributed by atoms with Crippen molar-refractivity contribution in [3.05, 3.63) is 36.0 Å². The zero-order valence-corrected chi connectivity index (χ0v) is 11.9. The number of hydrogen-bond acceptors (Lipinski definition) is 2. The van der Waals surface area contributed by atoms with Crippen LogP contribution in [0.4, 0.5) is 0 Å². The third-order valence-electron chi connectivity index (χ3n) is 4.16. The smallest absolute Gasteiger partial charge is 0.0454 e. The lowest BCUT2D eigenvalue weighted by Gasteiger charge is -2.35. The Labute approximate surface area is 115 Å². The van der Waals surface area contributed by atoms with Crippen LogP contribution in [0.2, 0.25) is 0 Å². The molecule has 1 aliphatic rings. The number of aromatic nitrogens is 1. The van der Waals surface area contributed by atoms with Gasteiger partial charge >= 0.3 is 0 Å². The second-order valence-electron chi connectivity index (χ2n) is 6.19. The first-order chi connectivity index (χ1) is 9.15. The molecule has 1 aromatic carbocycles. The van der Waals surface area contributed by atoms with Crippen molar-refractivity contribution in [3.63, 3.8) is 0 Å². The highest BCUT2D eigenvalue weighted by Gasteiger charge is 2.25. The normalized spacial score (nSPS) is 18.0. The summed E-state index contributed by atoms with van der Waals surface area (Å²) in [5, 5.41) is 4.73. The number of H-pyrrole nitrogens is 1. The predicted octanol–water partition coefficient (Wildman–Crippen LogP) is 2.35. The predicted molar refractivity (Wildman–Crippen MR) is 80.6 cm³/mol. The molecule has 3 heteroatoms. The van der Waals surface area contributed by atoms with E-state index in [1.54, 1.807) is 0 Å². The summed E-state index contributed by atoms with van der Waals surface area (Å²) in [6, 6.07) is 8.94. The van der Waals surface area contributed by atoms with E-state index in [1.807, 2.05) is 6.20 Å². The third-order valence-corrected chi connectivity index (χ3v) is 4.16. The van der Waals surface area contributed by atoms with Crippen molar-refractivity contribution in [1.29, 1.82) is 0 Å². The number of piperazine rings is 1. The van der Waals surface area contributed by atoms with Crippen molar-refractivity contribution in [1.82, 2.24) is 15.2 Å². The molecule has 0 saturated carbocycles. The van der Waals surface area contributed by atoms with Crippen molar-refractivity contribution in [2.24, 2.45) is 0 Å². The van der Waals surface area contributed by atoms with Gasteiger partial charge in [-0.1, -0.05) is 19.9 Å². The van der Waals surface area contributed by atoms with Crippen LogP contribution in [0.3, 0.4) is 0 Å². The highest BCUT2D eigenvalue weighted by Crippen LogP contribution is 2.27. The van der Waals surface area contributed by atoms with Gasteiger partial charge in [0.15, 0.2) is 0 Å². The Balaban J connectivity index is 1.81. The maximum absolute atomic E-state index is 3.42. The van der Waals surface area contributed by atoms with Crippen LogP contribution in [-0.4, -0.2) is 42.6 Å². The topological polar surface area (TPSA) is 31.1 Å². The quantitative estimate of drug-likeness (QED) is 0.884. The van der Waals surface area contributed by atoms with Crippen LogP contribution in [-0.2, 0) is 5.41 Å². The minimum atomic E-state index is 0.197. The van der Waals surface area contributed by atoms with Gasteiger partial charge in [0.2, 0.25) is 0 Å². The first kappa shape index (κ1) is 12.7. The van der Waals surface area contributed by atoms with Crippen molar-refractivity contribution in [3.8, 4) is 0 Å². The van der Waals surface area contributed by atoms with E-state index < -0.39 is 0 Å². The van der Waals surface area contributed by atoms with Gasteiger partial charge in [0.1, 0.15) is 0 Å². The van der Waals surface area contributed by atoms with Crippen LogP contribution in [0.15, 0.2) is 30.5 Å². The van der Waals surface area contributed by atoms with E-state index in [9.17, 15) is 0 Å². The Kier molecular flexibility index (Phi) is 3.33. The van der Waals surface area contributed by atoms with Gasteiger partial charge in [-0.05, 0) is 29.1 Å². The second kappa shape index (κ2) is 4.99. The minimum absolute atomic E-state index is 0.197. The standard InChI is InChI=1S/C16H23N3/c1-16(2,12-19-9-7-17-8-10-19)14-3-4-15-13(11-14)5-6-18-15/h3-6,11,17-18H,7-10,12H2,1-2H3. The molecule has 0 amide bonds. The van der Waals surface area contributed by atoms with Crippen LogP contribution in [0.5, 0.6) is 0 Å². The van der Waals surface area contributed by atoms with E-state index in [2.05, 4.69) is 53.3 Å². The van der Waals surface area contributed by atoms with Crippen molar-refractivity contribution >= 4 is 10.9 Å². The van der Waals surface area contributed by atoms with Crippen LogP contribution < -0.4 is 5.32 Å². The molecule has 3 rings (SSSR count). The molecule has 1 aliphatic heterocycles. The highest BCUT2D eigenvalue weighted by atomic mass is 15.2. The van der Waals surface area contributed by atoms with E-state index >= 15 is 0 Å². The molecule has 2 N–H and O–H groups in total. The summed E-state index contributed by atoms with van der Waals surface area (Å²) in [6.07, 6.45) is 2.01. The summed E-state index contributed by atoms with van der Waals surface area (Å²) in [6.45, 7) is 10.4. The minimum Gasteiger partial charge on any atom is -0.361 e. The Bertz CT molecular complexity index is 550. The average molecular weight is 257 g/mol. The summed E-state index contributed by atoms with van der Waals surface area (Å²) in [5.41, 5.74) is 2.85. The van der Waals surface area contributed by atoms with Gasteiger partial charge < -0.3 is 10.3 Å². The van der Waals surface area contributed by atoms with E-state index in [0.29, 0.717) is 0 Å². The summed E-state index contributed by atoms with van der Waals surface area (Å²) in [4.78, 5) is 5.83. The van der Waals surface area contributed by atoms with Crippen LogP contribution in [0.1, 0.15) is 19.4 Å². The maximum Gasteiger partial charge on any atom is 0.0454 e. The summed E-state index contributed by atoms with van der Waals surface area (Å²) >= 11 is 0. The molecule has 0 atom stereocenters. The highest BCUT2D eigenvalue weighted by molar-refractivity contribution is 5.80. The SMILES string of the molecule is CC(C)(CN1CCNCC1)c1ccc2[nH]ccc2c1. The third kappa shape index (κ3) is 2.67. The molecule has 1 saturated heterocycles. The molecule has 2 heterocycles. The summed E-state index contributed by atoms with van der Waals surface area (Å²) in [7, 11) is 0. The molecule has 2 aromatic rings. The zero-order chi connectivity index (χ0) is 13.3. The monoisotopic (exact) mass is 257 g/mol. The number of fused-ring (bicyclic) bond motifs is 1. The molecule has 3 nitrogen and oxygen atoms in total. The van der Waals surface area contributed by atoms with Gasteiger partial charge in [-0.3, -0.25) is 4.90 Å². The van der Waals surface area contributed by atoms with E-state index in [0.717, 1.165) is 32.7 Å². The van der Waals surface area contributed by atoms with E-state index in [4.69, 9.17) is 0 Å². The maximum atomic E-state index is 3.42. The summed E-state index contributed by atoms with van der Waals surface area (Å²) < 4.78 is 0. The lowest BCUT2D eigenvalue weighted by molar-refractivity contribution is 0.200. The first-order valence-electron chi connectivity index (χ1n) is 7.16. The Morgan fingerprint density at radius 1 is 1.16 bits per heavy atom. The average Bonchev–Trinajstić information content (AvgIpc) is 2.86. The van der Waals surface area contributed by atoms with Gasteiger partial charge in [-0.25, -0.2) is 0 Å². The van der Waals surface area contributed by atoms with Gasteiger partial charge in [-0.2, -0.15) is 0 Å². The lowest BCUT2D eigenvalue weighted by atomic mass is 9.83. The van der Waals surface area contributed by atoms with Crippen LogP contribution >= 0.6 is 0 Å². The first-order valence-corrected chi connectivity index (χ1v) is 7.16. The molecule has 0 bridgehead atoms. The number of rotatable bonds is 3. The van der Waals surface area contributed by atoms with Crippen LogP contribution in [0, 0.1) is 0 Å². The fraction of sp³-hybridized carbons (Fsp3) is 0.500. The molecular weight excluding hydrogens is 234 g/mol. The fourth-order valence-corrected chi connectivity index (χ4v) is 2.99. The van der Waals surface area contributed by atoms with E-state index in [1.165, 1.54) is 16.5 Å². The molecule has 1 fully saturated rings. The van der Waals surface area contributed by atoms with Crippen molar-refractivity contribution < 1.29 is 0 Å². The van der Waals surface area contributed by atoms with E-state index in [-0.39, 0.29) is 5.41 Å². The van der Waals surface area contributed by atoms with Crippen molar-refractivity contribution in [2.75, 3.05) is 32.7 Å². The van der Waals surface area contributed by atoms with Gasteiger partial charge in [0.05, 0.1) is 0 Å². The van der Waals surface area contributed by atoms with Crippen molar-refractivity contribution in [2.45, 2.75) is 19.3 Å². The summed E-state index contributed by atoms with van der Waals surface area (Å²) in [5.74, 6) is 0. The Morgan fingerprint density at radius 3 is 2.74 bits per heavy atom. The molecule has 0 unspecified atom stereocenters. The molecule has 102 valence electrons.